The summed E-state index contributed by atoms with van der Waals surface area (Å²) in [5, 5.41) is 11.1. The Morgan fingerprint density at radius 1 is 1.00 bits per heavy atom. The maximum atomic E-state index is 10.3. The predicted octanol–water partition coefficient (Wildman–Crippen LogP) is 4.36. The second-order valence-electron chi connectivity index (χ2n) is 7.06. The fourth-order valence-corrected chi connectivity index (χ4v) is 3.61. The van der Waals surface area contributed by atoms with E-state index in [4.69, 9.17) is 16.3 Å². The number of nitrogens with zero attached hydrogens (tertiary/aromatic N) is 2. The molecule has 1 atom stereocenters. The van der Waals surface area contributed by atoms with Gasteiger partial charge in [-0.25, -0.2) is 0 Å². The normalized spacial score (nSPS) is 15.4. The van der Waals surface area contributed by atoms with Gasteiger partial charge in [-0.2, -0.15) is 0 Å². The molecule has 1 aliphatic rings. The highest BCUT2D eigenvalue weighted by atomic mass is 35.5. The van der Waals surface area contributed by atoms with Crippen molar-refractivity contribution in [2.75, 3.05) is 44.2 Å². The molecule has 2 aromatic rings. The minimum Gasteiger partial charge on any atom is -0.491 e. The molecule has 4 nitrogen and oxygen atoms in total. The molecule has 2 aromatic carbocycles. The molecule has 7 heteroatoms. The molecular formula is C21H29Cl3N2O2. The molecule has 0 radical (unpaired) electrons. The highest BCUT2D eigenvalue weighted by molar-refractivity contribution is 6.30. The minimum absolute atomic E-state index is 0. The maximum absolute atomic E-state index is 10.3. The summed E-state index contributed by atoms with van der Waals surface area (Å²) in [5.74, 6) is 0.826. The summed E-state index contributed by atoms with van der Waals surface area (Å²) < 4.78 is 5.77. The van der Waals surface area contributed by atoms with Gasteiger partial charge in [0.1, 0.15) is 18.5 Å². The number of benzene rings is 2. The number of hydrogen-bond donors (Lipinski definition) is 1. The lowest BCUT2D eigenvalue weighted by atomic mass is 10.1. The van der Waals surface area contributed by atoms with Crippen LogP contribution in [0.3, 0.4) is 0 Å². The summed E-state index contributed by atoms with van der Waals surface area (Å²) in [6, 6.07) is 14.1. The molecule has 3 rings (SSSR count). The van der Waals surface area contributed by atoms with Gasteiger partial charge in [-0.15, -0.1) is 24.8 Å². The van der Waals surface area contributed by atoms with Gasteiger partial charge in [0.15, 0.2) is 0 Å². The summed E-state index contributed by atoms with van der Waals surface area (Å²) in [4.78, 5) is 4.62. The average Bonchev–Trinajstić information content (AvgIpc) is 2.60. The molecule has 1 aliphatic heterocycles. The van der Waals surface area contributed by atoms with Crippen molar-refractivity contribution in [3.63, 3.8) is 0 Å². The maximum Gasteiger partial charge on any atom is 0.119 e. The smallest absolute Gasteiger partial charge is 0.119 e. The lowest BCUT2D eigenvalue weighted by Crippen LogP contribution is -2.49. The lowest BCUT2D eigenvalue weighted by Gasteiger charge is -2.36. The van der Waals surface area contributed by atoms with Gasteiger partial charge in [-0.1, -0.05) is 23.7 Å². The molecule has 0 spiro atoms. The van der Waals surface area contributed by atoms with Crippen LogP contribution in [-0.2, 0) is 0 Å². The first-order valence-electron chi connectivity index (χ1n) is 9.11. The lowest BCUT2D eigenvalue weighted by molar-refractivity contribution is 0.0663. The SMILES string of the molecule is Cc1cc(C)cc(OCC(O)CN2CCN(c3cccc(Cl)c3)CC2)c1.Cl.Cl. The molecule has 0 aliphatic carbocycles. The summed E-state index contributed by atoms with van der Waals surface area (Å²) in [7, 11) is 0. The van der Waals surface area contributed by atoms with Crippen LogP contribution in [0.4, 0.5) is 5.69 Å². The van der Waals surface area contributed by atoms with E-state index in [1.807, 2.05) is 30.3 Å². The van der Waals surface area contributed by atoms with E-state index in [9.17, 15) is 5.11 Å². The molecule has 28 heavy (non-hydrogen) atoms. The number of piperazine rings is 1. The standard InChI is InChI=1S/C21H27ClN2O2.2ClH/c1-16-10-17(2)12-21(11-16)26-15-20(25)14-23-6-8-24(9-7-23)19-5-3-4-18(22)13-19;;/h3-5,10-13,20,25H,6-9,14-15H2,1-2H3;2*1H. The van der Waals surface area contributed by atoms with Gasteiger partial charge >= 0.3 is 0 Å². The number of β-amino-alcohol motifs (C(OH)–C–C–N with tert-alkyl or cyclic N) is 1. The van der Waals surface area contributed by atoms with Crippen LogP contribution in [0.15, 0.2) is 42.5 Å². The molecule has 1 unspecified atom stereocenters. The average molecular weight is 448 g/mol. The number of rotatable bonds is 6. The van der Waals surface area contributed by atoms with Crippen LogP contribution < -0.4 is 9.64 Å². The Bertz CT molecular complexity index is 717. The first-order chi connectivity index (χ1) is 12.5. The summed E-state index contributed by atoms with van der Waals surface area (Å²) in [6.45, 7) is 8.77. The van der Waals surface area contributed by atoms with E-state index in [1.165, 1.54) is 11.1 Å². The highest BCUT2D eigenvalue weighted by Crippen LogP contribution is 2.21. The molecule has 1 saturated heterocycles. The van der Waals surface area contributed by atoms with Crippen molar-refractivity contribution >= 4 is 42.1 Å². The van der Waals surface area contributed by atoms with Gasteiger partial charge in [0, 0.05) is 43.4 Å². The second kappa shape index (κ2) is 11.7. The van der Waals surface area contributed by atoms with Crippen molar-refractivity contribution in [1.82, 2.24) is 4.90 Å². The van der Waals surface area contributed by atoms with Gasteiger partial charge in [0.2, 0.25) is 0 Å². The van der Waals surface area contributed by atoms with E-state index in [0.29, 0.717) is 13.2 Å². The van der Waals surface area contributed by atoms with E-state index < -0.39 is 6.10 Å². The van der Waals surface area contributed by atoms with Crippen molar-refractivity contribution in [2.45, 2.75) is 20.0 Å². The van der Waals surface area contributed by atoms with E-state index in [1.54, 1.807) is 0 Å². The third-order valence-electron chi connectivity index (χ3n) is 4.65. The molecule has 0 saturated carbocycles. The van der Waals surface area contributed by atoms with E-state index in [2.05, 4.69) is 35.8 Å². The van der Waals surface area contributed by atoms with Crippen LogP contribution in [0.25, 0.3) is 0 Å². The van der Waals surface area contributed by atoms with E-state index in [-0.39, 0.29) is 24.8 Å². The van der Waals surface area contributed by atoms with E-state index in [0.717, 1.165) is 42.6 Å². The number of aryl methyl sites for hydroxylation is 2. The zero-order valence-corrected chi connectivity index (χ0v) is 18.7. The first kappa shape index (κ1) is 24.9. The number of aliphatic hydroxyl groups is 1. The van der Waals surface area contributed by atoms with Gasteiger partial charge < -0.3 is 14.7 Å². The fraction of sp³-hybridized carbons (Fsp3) is 0.429. The van der Waals surface area contributed by atoms with Crippen molar-refractivity contribution in [1.29, 1.82) is 0 Å². The Morgan fingerprint density at radius 2 is 1.64 bits per heavy atom. The number of aliphatic hydroxyl groups excluding tert-OH is 1. The number of ether oxygens (including phenoxy) is 1. The Labute approximate surface area is 185 Å². The fourth-order valence-electron chi connectivity index (χ4n) is 3.42. The highest BCUT2D eigenvalue weighted by Gasteiger charge is 2.20. The quantitative estimate of drug-likeness (QED) is 0.713. The second-order valence-corrected chi connectivity index (χ2v) is 7.49. The van der Waals surface area contributed by atoms with E-state index >= 15 is 0 Å². The van der Waals surface area contributed by atoms with Crippen molar-refractivity contribution in [3.8, 4) is 5.75 Å². The predicted molar refractivity (Wildman–Crippen MR) is 122 cm³/mol. The molecule has 0 aromatic heterocycles. The third-order valence-corrected chi connectivity index (χ3v) is 4.89. The minimum atomic E-state index is -0.492. The third kappa shape index (κ3) is 7.34. The molecule has 0 bridgehead atoms. The number of hydrogen-bond acceptors (Lipinski definition) is 4. The van der Waals surface area contributed by atoms with Crippen molar-refractivity contribution in [3.05, 3.63) is 58.6 Å². The summed E-state index contributed by atoms with van der Waals surface area (Å²) in [5.41, 5.74) is 3.51. The van der Waals surface area contributed by atoms with Crippen LogP contribution in [0.2, 0.25) is 5.02 Å². The number of halogens is 3. The molecule has 156 valence electrons. The van der Waals surface area contributed by atoms with Gasteiger partial charge in [0.25, 0.3) is 0 Å². The topological polar surface area (TPSA) is 35.9 Å². The molecule has 1 heterocycles. The van der Waals surface area contributed by atoms with Gasteiger partial charge in [-0.05, 0) is 55.3 Å². The van der Waals surface area contributed by atoms with Crippen molar-refractivity contribution < 1.29 is 9.84 Å². The molecule has 1 fully saturated rings. The molecule has 0 amide bonds. The van der Waals surface area contributed by atoms with Crippen LogP contribution in [-0.4, -0.2) is 55.4 Å². The van der Waals surface area contributed by atoms with Crippen LogP contribution in [0.1, 0.15) is 11.1 Å². The Balaban J connectivity index is 0.00000196. The monoisotopic (exact) mass is 446 g/mol. The Hall–Kier alpha value is -1.17. The van der Waals surface area contributed by atoms with Gasteiger partial charge in [0.05, 0.1) is 0 Å². The largest absolute Gasteiger partial charge is 0.491 e. The summed E-state index contributed by atoms with van der Waals surface area (Å²) >= 11 is 6.08. The zero-order chi connectivity index (χ0) is 18.5. The van der Waals surface area contributed by atoms with Crippen LogP contribution in [0.5, 0.6) is 5.75 Å². The summed E-state index contributed by atoms with van der Waals surface area (Å²) in [6.07, 6.45) is -0.492. The van der Waals surface area contributed by atoms with Crippen LogP contribution in [0, 0.1) is 13.8 Å². The van der Waals surface area contributed by atoms with Crippen molar-refractivity contribution in [2.24, 2.45) is 0 Å². The zero-order valence-electron chi connectivity index (χ0n) is 16.3. The number of anilines is 1. The Morgan fingerprint density at radius 3 is 2.25 bits per heavy atom. The first-order valence-corrected chi connectivity index (χ1v) is 9.49. The van der Waals surface area contributed by atoms with Gasteiger partial charge in [-0.3, -0.25) is 4.90 Å². The van der Waals surface area contributed by atoms with Crippen LogP contribution >= 0.6 is 36.4 Å². The molecular weight excluding hydrogens is 419 g/mol. The molecule has 1 N–H and O–H groups in total. The Kier molecular flexibility index (Phi) is 10.4.